The van der Waals surface area contributed by atoms with Gasteiger partial charge < -0.3 is 10.2 Å². The van der Waals surface area contributed by atoms with Crippen LogP contribution >= 0.6 is 0 Å². The van der Waals surface area contributed by atoms with Gasteiger partial charge in [-0.15, -0.1) is 0 Å². The molecule has 1 aliphatic heterocycles. The molecular formula is C19H19FN4O3. The molecule has 1 N–H and O–H groups in total. The van der Waals surface area contributed by atoms with E-state index in [1.807, 2.05) is 18.2 Å². The summed E-state index contributed by atoms with van der Waals surface area (Å²) in [6, 6.07) is 9.04. The lowest BCUT2D eigenvalue weighted by molar-refractivity contribution is -0.385. The van der Waals surface area contributed by atoms with Crippen molar-refractivity contribution < 1.29 is 14.1 Å². The lowest BCUT2D eigenvalue weighted by Crippen LogP contribution is -2.44. The molecule has 3 rings (SSSR count). The number of nitrogens with one attached hydrogen (secondary N) is 1. The molecule has 0 radical (unpaired) electrons. The summed E-state index contributed by atoms with van der Waals surface area (Å²) in [5.74, 6) is -0.0985. The number of carbonyl (C=O) groups is 1. The van der Waals surface area contributed by atoms with Crippen molar-refractivity contribution in [1.82, 2.24) is 10.3 Å². The molecule has 0 bridgehead atoms. The summed E-state index contributed by atoms with van der Waals surface area (Å²) in [6.07, 6.45) is 5.89. The lowest BCUT2D eigenvalue weighted by Gasteiger charge is -2.32. The number of halogens is 1. The Morgan fingerprint density at radius 1 is 1.30 bits per heavy atom. The molecule has 1 amide bonds. The zero-order valence-corrected chi connectivity index (χ0v) is 14.5. The van der Waals surface area contributed by atoms with Gasteiger partial charge >= 0.3 is 0 Å². The van der Waals surface area contributed by atoms with Gasteiger partial charge in [0.05, 0.1) is 16.6 Å². The number of anilines is 1. The van der Waals surface area contributed by atoms with Crippen LogP contribution in [0.25, 0.3) is 6.08 Å². The van der Waals surface area contributed by atoms with Gasteiger partial charge in [0.25, 0.3) is 5.69 Å². The molecule has 27 heavy (non-hydrogen) atoms. The van der Waals surface area contributed by atoms with Gasteiger partial charge in [-0.25, -0.2) is 9.37 Å². The van der Waals surface area contributed by atoms with E-state index in [-0.39, 0.29) is 23.2 Å². The Kier molecular flexibility index (Phi) is 5.75. The molecule has 0 spiro atoms. The average Bonchev–Trinajstić information content (AvgIpc) is 2.68. The number of hydrogen-bond donors (Lipinski definition) is 1. The third-order valence-electron chi connectivity index (χ3n) is 4.42. The van der Waals surface area contributed by atoms with Gasteiger partial charge in [0, 0.05) is 31.4 Å². The number of nitro benzene ring substituents is 1. The lowest BCUT2D eigenvalue weighted by atomic mass is 10.0. The number of nitrogens with zero attached hydrogens (tertiary/aromatic N) is 3. The van der Waals surface area contributed by atoms with E-state index in [1.54, 1.807) is 6.20 Å². The molecule has 1 saturated heterocycles. The summed E-state index contributed by atoms with van der Waals surface area (Å²) >= 11 is 0. The number of nitro groups is 1. The number of carbonyl (C=O) groups excluding carboxylic acids is 1. The van der Waals surface area contributed by atoms with Crippen molar-refractivity contribution >= 4 is 23.5 Å². The Morgan fingerprint density at radius 2 is 2.07 bits per heavy atom. The van der Waals surface area contributed by atoms with Crippen molar-refractivity contribution in [3.05, 3.63) is 70.2 Å². The van der Waals surface area contributed by atoms with Crippen molar-refractivity contribution in [2.45, 2.75) is 18.9 Å². The molecular weight excluding hydrogens is 351 g/mol. The van der Waals surface area contributed by atoms with E-state index in [0.717, 1.165) is 43.9 Å². The monoisotopic (exact) mass is 370 g/mol. The Labute approximate surface area is 155 Å². The molecule has 1 aromatic heterocycles. The fourth-order valence-corrected chi connectivity index (χ4v) is 3.02. The summed E-state index contributed by atoms with van der Waals surface area (Å²) in [5.41, 5.74) is -0.191. The Hall–Kier alpha value is -3.29. The second-order valence-corrected chi connectivity index (χ2v) is 6.25. The van der Waals surface area contributed by atoms with Crippen molar-refractivity contribution in [3.8, 4) is 0 Å². The zero-order chi connectivity index (χ0) is 19.2. The van der Waals surface area contributed by atoms with E-state index in [2.05, 4.69) is 15.2 Å². The molecule has 1 aromatic carbocycles. The van der Waals surface area contributed by atoms with Crippen molar-refractivity contribution in [2.24, 2.45) is 0 Å². The van der Waals surface area contributed by atoms with Gasteiger partial charge in [0.15, 0.2) is 0 Å². The standard InChI is InChI=1S/C19H19FN4O3/c20-15-6-4-14(17(13-15)24(26)27)5-7-19(25)22-16-8-11-23(12-9-16)18-3-1-2-10-21-18/h1-7,10,13,16H,8-9,11-12H2,(H,22,25). The van der Waals surface area contributed by atoms with Crippen LogP contribution in [0, 0.1) is 15.9 Å². The van der Waals surface area contributed by atoms with E-state index in [4.69, 9.17) is 0 Å². The first-order valence-electron chi connectivity index (χ1n) is 8.61. The van der Waals surface area contributed by atoms with Crippen LogP contribution in [0.4, 0.5) is 15.9 Å². The third-order valence-corrected chi connectivity index (χ3v) is 4.42. The first kappa shape index (κ1) is 18.5. The molecule has 140 valence electrons. The number of benzene rings is 1. The molecule has 1 aliphatic rings. The van der Waals surface area contributed by atoms with E-state index in [9.17, 15) is 19.3 Å². The molecule has 1 fully saturated rings. The Bertz CT molecular complexity index is 849. The fraction of sp³-hybridized carbons (Fsp3) is 0.263. The Balaban J connectivity index is 1.55. The zero-order valence-electron chi connectivity index (χ0n) is 14.5. The maximum absolute atomic E-state index is 13.2. The average molecular weight is 370 g/mol. The molecule has 2 aromatic rings. The van der Waals surface area contributed by atoms with Crippen LogP contribution in [0.5, 0.6) is 0 Å². The predicted molar refractivity (Wildman–Crippen MR) is 99.7 cm³/mol. The summed E-state index contributed by atoms with van der Waals surface area (Å²) in [6.45, 7) is 1.57. The highest BCUT2D eigenvalue weighted by molar-refractivity contribution is 5.92. The van der Waals surface area contributed by atoms with Gasteiger partial charge in [-0.1, -0.05) is 6.07 Å². The van der Waals surface area contributed by atoms with Gasteiger partial charge in [-0.3, -0.25) is 14.9 Å². The minimum atomic E-state index is -0.692. The highest BCUT2D eigenvalue weighted by atomic mass is 19.1. The van der Waals surface area contributed by atoms with Crippen molar-refractivity contribution in [1.29, 1.82) is 0 Å². The molecule has 0 aliphatic carbocycles. The Morgan fingerprint density at radius 3 is 2.74 bits per heavy atom. The number of aromatic nitrogens is 1. The van der Waals surface area contributed by atoms with Crippen molar-refractivity contribution in [2.75, 3.05) is 18.0 Å². The first-order valence-corrected chi connectivity index (χ1v) is 8.61. The quantitative estimate of drug-likeness (QED) is 0.497. The number of piperidine rings is 1. The SMILES string of the molecule is O=C(C=Cc1ccc(F)cc1[N+](=O)[O-])NC1CCN(c2ccccn2)CC1. The van der Waals surface area contributed by atoms with Gasteiger partial charge in [0.2, 0.25) is 5.91 Å². The largest absolute Gasteiger partial charge is 0.356 e. The number of hydrogen-bond acceptors (Lipinski definition) is 5. The van der Waals surface area contributed by atoms with Crippen LogP contribution in [-0.2, 0) is 4.79 Å². The second-order valence-electron chi connectivity index (χ2n) is 6.25. The molecule has 0 atom stereocenters. The van der Waals surface area contributed by atoms with E-state index in [0.29, 0.717) is 0 Å². The molecule has 8 heteroatoms. The van der Waals surface area contributed by atoms with E-state index in [1.165, 1.54) is 18.2 Å². The smallest absolute Gasteiger partial charge is 0.279 e. The van der Waals surface area contributed by atoms with Crippen LogP contribution < -0.4 is 10.2 Å². The first-order chi connectivity index (χ1) is 13.0. The topological polar surface area (TPSA) is 88.4 Å². The molecule has 2 heterocycles. The minimum Gasteiger partial charge on any atom is -0.356 e. The fourth-order valence-electron chi connectivity index (χ4n) is 3.02. The van der Waals surface area contributed by atoms with Gasteiger partial charge in [-0.05, 0) is 43.2 Å². The summed E-state index contributed by atoms with van der Waals surface area (Å²) in [4.78, 5) is 28.9. The summed E-state index contributed by atoms with van der Waals surface area (Å²) in [5, 5.41) is 13.9. The highest BCUT2D eigenvalue weighted by Crippen LogP contribution is 2.21. The maximum Gasteiger partial charge on any atom is 0.279 e. The number of rotatable bonds is 5. The normalized spacial score (nSPS) is 15.1. The van der Waals surface area contributed by atoms with Crippen LogP contribution in [0.1, 0.15) is 18.4 Å². The van der Waals surface area contributed by atoms with E-state index >= 15 is 0 Å². The predicted octanol–water partition coefficient (Wildman–Crippen LogP) is 2.93. The third kappa shape index (κ3) is 4.87. The highest BCUT2D eigenvalue weighted by Gasteiger charge is 2.21. The van der Waals surface area contributed by atoms with Crippen LogP contribution in [-0.4, -0.2) is 34.9 Å². The van der Waals surface area contributed by atoms with Gasteiger partial charge in [0.1, 0.15) is 11.6 Å². The van der Waals surface area contributed by atoms with Crippen LogP contribution in [0.2, 0.25) is 0 Å². The van der Waals surface area contributed by atoms with Gasteiger partial charge in [-0.2, -0.15) is 0 Å². The molecule has 0 unspecified atom stereocenters. The van der Waals surface area contributed by atoms with E-state index < -0.39 is 10.7 Å². The van der Waals surface area contributed by atoms with Crippen LogP contribution in [0.3, 0.4) is 0 Å². The van der Waals surface area contributed by atoms with Crippen LogP contribution in [0.15, 0.2) is 48.7 Å². The molecule has 7 nitrogen and oxygen atoms in total. The summed E-state index contributed by atoms with van der Waals surface area (Å²) in [7, 11) is 0. The van der Waals surface area contributed by atoms with Crippen molar-refractivity contribution in [3.63, 3.8) is 0 Å². The number of amides is 1. The number of pyridine rings is 1. The summed E-state index contributed by atoms with van der Waals surface area (Å²) < 4.78 is 13.2. The second kappa shape index (κ2) is 8.39. The molecule has 0 saturated carbocycles. The maximum atomic E-state index is 13.2. The minimum absolute atomic E-state index is 0.0327.